The van der Waals surface area contributed by atoms with Gasteiger partial charge in [-0.15, -0.1) is 0 Å². The molecule has 0 aliphatic rings. The quantitative estimate of drug-likeness (QED) is 0.828. The van der Waals surface area contributed by atoms with Crippen molar-refractivity contribution in [1.29, 1.82) is 0 Å². The van der Waals surface area contributed by atoms with E-state index in [9.17, 15) is 9.59 Å². The Bertz CT molecular complexity index is 710. The summed E-state index contributed by atoms with van der Waals surface area (Å²) in [5.74, 6) is -0.102. The standard InChI is InChI=1S/C19H21NO4/c1-13-5-4-6-16(11-13)19(22)24-12-18(21)20-14(2)15-7-9-17(23-3)10-8-15/h4-11,14H,12H2,1-3H3,(H,20,21). The zero-order valence-corrected chi connectivity index (χ0v) is 14.0. The summed E-state index contributed by atoms with van der Waals surface area (Å²) in [6.07, 6.45) is 0. The van der Waals surface area contributed by atoms with Gasteiger partial charge in [0.15, 0.2) is 6.61 Å². The summed E-state index contributed by atoms with van der Waals surface area (Å²) in [5.41, 5.74) is 2.34. The lowest BCUT2D eigenvalue weighted by Gasteiger charge is -2.15. The van der Waals surface area contributed by atoms with Crippen molar-refractivity contribution in [3.63, 3.8) is 0 Å². The zero-order valence-electron chi connectivity index (χ0n) is 14.0. The van der Waals surface area contributed by atoms with Crippen molar-refractivity contribution in [1.82, 2.24) is 5.32 Å². The van der Waals surface area contributed by atoms with Crippen LogP contribution < -0.4 is 10.1 Å². The molecule has 1 atom stereocenters. The molecule has 0 radical (unpaired) electrons. The van der Waals surface area contributed by atoms with Crippen molar-refractivity contribution >= 4 is 11.9 Å². The largest absolute Gasteiger partial charge is 0.497 e. The molecule has 5 nitrogen and oxygen atoms in total. The van der Waals surface area contributed by atoms with Crippen molar-refractivity contribution in [2.24, 2.45) is 0 Å². The normalized spacial score (nSPS) is 11.5. The van der Waals surface area contributed by atoms with E-state index in [1.54, 1.807) is 25.3 Å². The predicted molar refractivity (Wildman–Crippen MR) is 91.0 cm³/mol. The summed E-state index contributed by atoms with van der Waals surface area (Å²) in [7, 11) is 1.60. The van der Waals surface area contributed by atoms with E-state index in [4.69, 9.17) is 9.47 Å². The Hall–Kier alpha value is -2.82. The van der Waals surface area contributed by atoms with Crippen LogP contribution in [0.3, 0.4) is 0 Å². The molecule has 126 valence electrons. The monoisotopic (exact) mass is 327 g/mol. The molecule has 0 aliphatic heterocycles. The SMILES string of the molecule is COc1ccc(C(C)NC(=O)COC(=O)c2cccc(C)c2)cc1. The maximum Gasteiger partial charge on any atom is 0.338 e. The van der Waals surface area contributed by atoms with Gasteiger partial charge < -0.3 is 14.8 Å². The van der Waals surface area contributed by atoms with Gasteiger partial charge in [0.25, 0.3) is 5.91 Å². The van der Waals surface area contributed by atoms with Crippen LogP contribution in [0.2, 0.25) is 0 Å². The van der Waals surface area contributed by atoms with Gasteiger partial charge in [-0.05, 0) is 43.7 Å². The summed E-state index contributed by atoms with van der Waals surface area (Å²) in [5, 5.41) is 2.79. The Morgan fingerprint density at radius 2 is 1.83 bits per heavy atom. The van der Waals surface area contributed by atoms with Gasteiger partial charge in [0.05, 0.1) is 18.7 Å². The van der Waals surface area contributed by atoms with Gasteiger partial charge in [-0.25, -0.2) is 4.79 Å². The summed E-state index contributed by atoms with van der Waals surface area (Å²) >= 11 is 0. The van der Waals surface area contributed by atoms with E-state index in [2.05, 4.69) is 5.32 Å². The smallest absolute Gasteiger partial charge is 0.338 e. The van der Waals surface area contributed by atoms with Gasteiger partial charge in [0.2, 0.25) is 0 Å². The number of carbonyl (C=O) groups is 2. The molecule has 2 aromatic rings. The topological polar surface area (TPSA) is 64.6 Å². The number of nitrogens with one attached hydrogen (secondary N) is 1. The first-order valence-electron chi connectivity index (χ1n) is 7.66. The van der Waals surface area contributed by atoms with Gasteiger partial charge in [-0.3, -0.25) is 4.79 Å². The molecule has 0 saturated carbocycles. The third-order valence-corrected chi connectivity index (χ3v) is 3.58. The molecule has 24 heavy (non-hydrogen) atoms. The minimum absolute atomic E-state index is 0.193. The van der Waals surface area contributed by atoms with Crippen molar-refractivity contribution < 1.29 is 19.1 Å². The fraction of sp³-hybridized carbons (Fsp3) is 0.263. The third kappa shape index (κ3) is 4.84. The molecule has 0 aliphatic carbocycles. The molecule has 0 fully saturated rings. The highest BCUT2D eigenvalue weighted by Crippen LogP contribution is 2.17. The molecule has 2 aromatic carbocycles. The minimum Gasteiger partial charge on any atom is -0.497 e. The first-order valence-corrected chi connectivity index (χ1v) is 7.66. The molecule has 0 aromatic heterocycles. The Morgan fingerprint density at radius 3 is 2.46 bits per heavy atom. The van der Waals surface area contributed by atoms with E-state index in [0.717, 1.165) is 16.9 Å². The number of benzene rings is 2. The lowest BCUT2D eigenvalue weighted by Crippen LogP contribution is -2.31. The highest BCUT2D eigenvalue weighted by atomic mass is 16.5. The molecule has 0 spiro atoms. The van der Waals surface area contributed by atoms with Gasteiger partial charge in [0.1, 0.15) is 5.75 Å². The Kier molecular flexibility index (Phi) is 5.95. The van der Waals surface area contributed by atoms with Crippen molar-refractivity contribution in [2.75, 3.05) is 13.7 Å². The van der Waals surface area contributed by atoms with Crippen LogP contribution in [0.1, 0.15) is 34.5 Å². The van der Waals surface area contributed by atoms with E-state index in [-0.39, 0.29) is 18.6 Å². The number of aryl methyl sites for hydroxylation is 1. The number of methoxy groups -OCH3 is 1. The van der Waals surface area contributed by atoms with Crippen LogP contribution in [0.15, 0.2) is 48.5 Å². The fourth-order valence-corrected chi connectivity index (χ4v) is 2.25. The molecule has 2 rings (SSSR count). The molecule has 1 amide bonds. The number of ether oxygens (including phenoxy) is 2. The molecular weight excluding hydrogens is 306 g/mol. The zero-order chi connectivity index (χ0) is 17.5. The van der Waals surface area contributed by atoms with Crippen LogP contribution in [0.5, 0.6) is 5.75 Å². The van der Waals surface area contributed by atoms with Crippen LogP contribution in [0.4, 0.5) is 0 Å². The lowest BCUT2D eigenvalue weighted by molar-refractivity contribution is -0.124. The van der Waals surface area contributed by atoms with E-state index < -0.39 is 5.97 Å². The van der Waals surface area contributed by atoms with Crippen molar-refractivity contribution in [3.8, 4) is 5.75 Å². The molecule has 0 heterocycles. The van der Waals surface area contributed by atoms with Gasteiger partial charge in [0, 0.05) is 0 Å². The van der Waals surface area contributed by atoms with E-state index in [0.29, 0.717) is 5.56 Å². The third-order valence-electron chi connectivity index (χ3n) is 3.58. The summed E-state index contributed by atoms with van der Waals surface area (Å²) < 4.78 is 10.1. The number of hydrogen-bond acceptors (Lipinski definition) is 4. The number of hydrogen-bond donors (Lipinski definition) is 1. The van der Waals surface area contributed by atoms with Crippen LogP contribution >= 0.6 is 0 Å². The van der Waals surface area contributed by atoms with Gasteiger partial charge in [-0.2, -0.15) is 0 Å². The number of carbonyl (C=O) groups excluding carboxylic acids is 2. The molecule has 0 bridgehead atoms. The second-order valence-electron chi connectivity index (χ2n) is 5.51. The van der Waals surface area contributed by atoms with Crippen LogP contribution in [-0.4, -0.2) is 25.6 Å². The second kappa shape index (κ2) is 8.15. The average Bonchev–Trinajstić information content (AvgIpc) is 2.59. The van der Waals surface area contributed by atoms with E-state index >= 15 is 0 Å². The van der Waals surface area contributed by atoms with E-state index in [1.165, 1.54) is 0 Å². The predicted octanol–water partition coefficient (Wildman–Crippen LogP) is 3.04. The Balaban J connectivity index is 1.85. The minimum atomic E-state index is -0.508. The van der Waals surface area contributed by atoms with Gasteiger partial charge in [-0.1, -0.05) is 29.8 Å². The second-order valence-corrected chi connectivity index (χ2v) is 5.51. The van der Waals surface area contributed by atoms with Crippen molar-refractivity contribution in [3.05, 3.63) is 65.2 Å². The lowest BCUT2D eigenvalue weighted by atomic mass is 10.1. The Labute approximate surface area is 141 Å². The van der Waals surface area contributed by atoms with Gasteiger partial charge >= 0.3 is 5.97 Å². The first kappa shape index (κ1) is 17.5. The average molecular weight is 327 g/mol. The molecule has 0 saturated heterocycles. The van der Waals surface area contributed by atoms with Crippen LogP contribution in [0, 0.1) is 6.92 Å². The highest BCUT2D eigenvalue weighted by molar-refractivity contribution is 5.91. The van der Waals surface area contributed by atoms with Crippen molar-refractivity contribution in [2.45, 2.75) is 19.9 Å². The molecular formula is C19H21NO4. The maximum atomic E-state index is 11.9. The number of rotatable bonds is 6. The first-order chi connectivity index (χ1) is 11.5. The maximum absolute atomic E-state index is 11.9. The van der Waals surface area contributed by atoms with E-state index in [1.807, 2.05) is 44.2 Å². The summed E-state index contributed by atoms with van der Waals surface area (Å²) in [4.78, 5) is 23.9. The Morgan fingerprint density at radius 1 is 1.12 bits per heavy atom. The summed E-state index contributed by atoms with van der Waals surface area (Å²) in [6.45, 7) is 3.44. The molecule has 5 heteroatoms. The fourth-order valence-electron chi connectivity index (χ4n) is 2.25. The number of amides is 1. The van der Waals surface area contributed by atoms with Crippen LogP contribution in [-0.2, 0) is 9.53 Å². The summed E-state index contributed by atoms with van der Waals surface area (Å²) in [6, 6.07) is 14.3. The molecule has 1 N–H and O–H groups in total. The highest BCUT2D eigenvalue weighted by Gasteiger charge is 2.13. The van der Waals surface area contributed by atoms with Crippen LogP contribution in [0.25, 0.3) is 0 Å². The number of esters is 1. The molecule has 1 unspecified atom stereocenters.